The Hall–Kier alpha value is -0.950. The second kappa shape index (κ2) is 5.44. The van der Waals surface area contributed by atoms with E-state index in [1.807, 2.05) is 6.07 Å². The first-order chi connectivity index (χ1) is 9.59. The van der Waals surface area contributed by atoms with Gasteiger partial charge in [0.05, 0.1) is 4.90 Å². The molecule has 3 rings (SSSR count). The largest absolute Gasteiger partial charge is 0.381 e. The third-order valence-electron chi connectivity index (χ3n) is 4.19. The van der Waals surface area contributed by atoms with Crippen molar-refractivity contribution in [1.29, 1.82) is 0 Å². The highest BCUT2D eigenvalue weighted by atomic mass is 32.2. The molecule has 110 valence electrons. The van der Waals surface area contributed by atoms with E-state index in [-0.39, 0.29) is 6.04 Å². The molecule has 0 saturated carbocycles. The fourth-order valence-electron chi connectivity index (χ4n) is 2.84. The highest BCUT2D eigenvalue weighted by Crippen LogP contribution is 2.25. The Morgan fingerprint density at radius 1 is 1.20 bits per heavy atom. The summed E-state index contributed by atoms with van der Waals surface area (Å²) < 4.78 is 32.2. The molecule has 0 bridgehead atoms. The number of hydrogen-bond donors (Lipinski definition) is 1. The summed E-state index contributed by atoms with van der Waals surface area (Å²) in [5.41, 5.74) is 2.28. The molecule has 0 spiro atoms. The topological polar surface area (TPSA) is 58.6 Å². The van der Waals surface area contributed by atoms with Crippen molar-refractivity contribution in [2.75, 3.05) is 20.3 Å². The molecular weight excluding hydrogens is 276 g/mol. The molecule has 2 heterocycles. The molecule has 6 heteroatoms. The molecular formula is C14H20N2O3S. The SMILES string of the molecule is CN(C1CCOCC1)S(=O)(=O)c1ccc2c(c1)CNC2. The quantitative estimate of drug-likeness (QED) is 0.907. The predicted octanol–water partition coefficient (Wildman–Crippen LogP) is 1.09. The molecule has 1 saturated heterocycles. The van der Waals surface area contributed by atoms with Gasteiger partial charge in [-0.2, -0.15) is 4.31 Å². The minimum absolute atomic E-state index is 0.0418. The normalized spacial score (nSPS) is 20.3. The number of benzene rings is 1. The first-order valence-corrected chi connectivity index (χ1v) is 8.41. The Labute approximate surface area is 120 Å². The maximum absolute atomic E-state index is 12.7. The lowest BCUT2D eigenvalue weighted by Crippen LogP contribution is -2.40. The van der Waals surface area contributed by atoms with Crippen LogP contribution in [0.15, 0.2) is 23.1 Å². The van der Waals surface area contributed by atoms with Gasteiger partial charge in [0.25, 0.3) is 0 Å². The zero-order chi connectivity index (χ0) is 14.2. The summed E-state index contributed by atoms with van der Waals surface area (Å²) in [6.45, 7) is 2.85. The van der Waals surface area contributed by atoms with E-state index >= 15 is 0 Å². The van der Waals surface area contributed by atoms with Gasteiger partial charge in [-0.05, 0) is 36.1 Å². The fourth-order valence-corrected chi connectivity index (χ4v) is 4.31. The van der Waals surface area contributed by atoms with Crippen LogP contribution in [0.25, 0.3) is 0 Å². The van der Waals surface area contributed by atoms with Gasteiger partial charge >= 0.3 is 0 Å². The van der Waals surface area contributed by atoms with E-state index in [9.17, 15) is 8.42 Å². The van der Waals surface area contributed by atoms with Crippen molar-refractivity contribution in [2.24, 2.45) is 0 Å². The molecule has 1 aromatic rings. The Kier molecular flexibility index (Phi) is 3.81. The van der Waals surface area contributed by atoms with Crippen LogP contribution in [0.1, 0.15) is 24.0 Å². The van der Waals surface area contributed by atoms with Crippen molar-refractivity contribution in [3.8, 4) is 0 Å². The average Bonchev–Trinajstić information content (AvgIpc) is 2.94. The van der Waals surface area contributed by atoms with Crippen molar-refractivity contribution in [3.05, 3.63) is 29.3 Å². The first kappa shape index (κ1) is 14.0. The molecule has 1 aromatic carbocycles. The zero-order valence-electron chi connectivity index (χ0n) is 11.6. The first-order valence-electron chi connectivity index (χ1n) is 6.97. The lowest BCUT2D eigenvalue weighted by Gasteiger charge is -2.30. The zero-order valence-corrected chi connectivity index (χ0v) is 12.4. The Balaban J connectivity index is 1.87. The minimum Gasteiger partial charge on any atom is -0.381 e. The molecule has 0 aliphatic carbocycles. The second-order valence-electron chi connectivity index (χ2n) is 5.40. The number of hydrogen-bond acceptors (Lipinski definition) is 4. The van der Waals surface area contributed by atoms with Crippen LogP contribution in [-0.4, -0.2) is 39.0 Å². The van der Waals surface area contributed by atoms with Gasteiger partial charge in [0.1, 0.15) is 0 Å². The molecule has 5 nitrogen and oxygen atoms in total. The van der Waals surface area contributed by atoms with E-state index < -0.39 is 10.0 Å². The summed E-state index contributed by atoms with van der Waals surface area (Å²) in [6, 6.07) is 5.48. The van der Waals surface area contributed by atoms with Gasteiger partial charge in [0, 0.05) is 39.4 Å². The molecule has 1 fully saturated rings. The number of nitrogens with zero attached hydrogens (tertiary/aromatic N) is 1. The number of rotatable bonds is 3. The van der Waals surface area contributed by atoms with Crippen LogP contribution in [0.5, 0.6) is 0 Å². The summed E-state index contributed by atoms with van der Waals surface area (Å²) >= 11 is 0. The van der Waals surface area contributed by atoms with Crippen LogP contribution in [0.2, 0.25) is 0 Å². The number of fused-ring (bicyclic) bond motifs is 1. The molecule has 2 aliphatic heterocycles. The van der Waals surface area contributed by atoms with Gasteiger partial charge in [0.2, 0.25) is 10.0 Å². The van der Waals surface area contributed by atoms with Crippen LogP contribution >= 0.6 is 0 Å². The van der Waals surface area contributed by atoms with Gasteiger partial charge in [0.15, 0.2) is 0 Å². The highest BCUT2D eigenvalue weighted by Gasteiger charge is 2.30. The summed E-state index contributed by atoms with van der Waals surface area (Å²) in [4.78, 5) is 0.397. The van der Waals surface area contributed by atoms with E-state index in [4.69, 9.17) is 4.74 Å². The van der Waals surface area contributed by atoms with E-state index in [1.165, 1.54) is 9.87 Å². The lowest BCUT2D eigenvalue weighted by atomic mass is 10.1. The molecule has 0 atom stereocenters. The van der Waals surface area contributed by atoms with Crippen LogP contribution in [0.4, 0.5) is 0 Å². The fraction of sp³-hybridized carbons (Fsp3) is 0.571. The molecule has 2 aliphatic rings. The van der Waals surface area contributed by atoms with Crippen molar-refractivity contribution in [2.45, 2.75) is 36.9 Å². The Bertz CT molecular complexity index is 594. The smallest absolute Gasteiger partial charge is 0.243 e. The Morgan fingerprint density at radius 3 is 2.65 bits per heavy atom. The van der Waals surface area contributed by atoms with Gasteiger partial charge in [-0.3, -0.25) is 0 Å². The second-order valence-corrected chi connectivity index (χ2v) is 7.40. The van der Waals surface area contributed by atoms with E-state index in [1.54, 1.807) is 19.2 Å². The molecule has 1 N–H and O–H groups in total. The third-order valence-corrected chi connectivity index (χ3v) is 6.10. The van der Waals surface area contributed by atoms with Gasteiger partial charge < -0.3 is 10.1 Å². The molecule has 0 unspecified atom stereocenters. The van der Waals surface area contributed by atoms with Gasteiger partial charge in [-0.25, -0.2) is 8.42 Å². The number of sulfonamides is 1. The Morgan fingerprint density at radius 2 is 1.90 bits per heavy atom. The summed E-state index contributed by atoms with van der Waals surface area (Å²) in [5, 5.41) is 3.23. The van der Waals surface area contributed by atoms with Crippen LogP contribution in [-0.2, 0) is 27.8 Å². The lowest BCUT2D eigenvalue weighted by molar-refractivity contribution is 0.0632. The van der Waals surface area contributed by atoms with Crippen LogP contribution < -0.4 is 5.32 Å². The molecule has 0 radical (unpaired) electrons. The van der Waals surface area contributed by atoms with Crippen molar-refractivity contribution in [3.63, 3.8) is 0 Å². The predicted molar refractivity (Wildman–Crippen MR) is 75.8 cm³/mol. The van der Waals surface area contributed by atoms with E-state index in [0.717, 1.165) is 31.5 Å². The van der Waals surface area contributed by atoms with Crippen molar-refractivity contribution >= 4 is 10.0 Å². The molecule has 20 heavy (non-hydrogen) atoms. The highest BCUT2D eigenvalue weighted by molar-refractivity contribution is 7.89. The maximum Gasteiger partial charge on any atom is 0.243 e. The summed E-state index contributed by atoms with van der Waals surface area (Å²) in [5.74, 6) is 0. The molecule has 0 amide bonds. The van der Waals surface area contributed by atoms with Gasteiger partial charge in [-0.1, -0.05) is 6.07 Å². The third kappa shape index (κ3) is 2.48. The maximum atomic E-state index is 12.7. The monoisotopic (exact) mass is 296 g/mol. The van der Waals surface area contributed by atoms with E-state index in [2.05, 4.69) is 5.32 Å². The molecule has 0 aromatic heterocycles. The number of ether oxygens (including phenoxy) is 1. The van der Waals surface area contributed by atoms with Crippen molar-refractivity contribution < 1.29 is 13.2 Å². The standard InChI is InChI=1S/C14H20N2O3S/c1-16(13-4-6-19-7-5-13)20(17,18)14-3-2-11-9-15-10-12(11)8-14/h2-3,8,13,15H,4-7,9-10H2,1H3. The van der Waals surface area contributed by atoms with Crippen molar-refractivity contribution in [1.82, 2.24) is 9.62 Å². The van der Waals surface area contributed by atoms with E-state index in [0.29, 0.717) is 18.1 Å². The summed E-state index contributed by atoms with van der Waals surface area (Å²) in [7, 11) is -1.73. The van der Waals surface area contributed by atoms with Crippen LogP contribution in [0.3, 0.4) is 0 Å². The minimum atomic E-state index is -3.41. The number of nitrogens with one attached hydrogen (secondary N) is 1. The summed E-state index contributed by atoms with van der Waals surface area (Å²) in [6.07, 6.45) is 1.53. The van der Waals surface area contributed by atoms with Gasteiger partial charge in [-0.15, -0.1) is 0 Å². The average molecular weight is 296 g/mol. The van der Waals surface area contributed by atoms with Crippen LogP contribution in [0, 0.1) is 0 Å².